The molecular weight excluding hydrogens is 266 g/mol. The van der Waals surface area contributed by atoms with Crippen LogP contribution >= 0.6 is 7.82 Å². The van der Waals surface area contributed by atoms with E-state index in [1.165, 1.54) is 6.07 Å². The molecule has 0 atom stereocenters. The molecule has 0 bridgehead atoms. The van der Waals surface area contributed by atoms with Crippen molar-refractivity contribution in [2.45, 2.75) is 6.92 Å². The first-order valence-electron chi connectivity index (χ1n) is 4.85. The minimum absolute atomic E-state index is 0. The van der Waals surface area contributed by atoms with E-state index < -0.39 is 7.82 Å². The van der Waals surface area contributed by atoms with Gasteiger partial charge in [-0.3, -0.25) is 9.79 Å². The fourth-order valence-electron chi connectivity index (χ4n) is 1.71. The van der Waals surface area contributed by atoms with Crippen LogP contribution in [0.15, 0.2) is 30.3 Å². The molecule has 0 unspecified atom stereocenters. The summed E-state index contributed by atoms with van der Waals surface area (Å²) in [4.78, 5) is 17.7. The van der Waals surface area contributed by atoms with Crippen molar-refractivity contribution in [2.24, 2.45) is 0 Å². The summed E-state index contributed by atoms with van der Waals surface area (Å²) in [7, 11) is -4.62. The number of aromatic hydroxyl groups is 1. The second-order valence-electron chi connectivity index (χ2n) is 3.67. The summed E-state index contributed by atoms with van der Waals surface area (Å²) >= 11 is 0. The van der Waals surface area contributed by atoms with Crippen LogP contribution in [0, 0.1) is 6.92 Å². The summed E-state index contributed by atoms with van der Waals surface area (Å²) < 4.78 is 15.5. The molecule has 0 saturated carbocycles. The van der Waals surface area contributed by atoms with Crippen LogP contribution in [0.1, 0.15) is 6.99 Å². The van der Waals surface area contributed by atoms with Gasteiger partial charge in [-0.1, -0.05) is 24.3 Å². The zero-order valence-electron chi connectivity index (χ0n) is 11.0. The molecule has 3 N–H and O–H groups in total. The van der Waals surface area contributed by atoms with E-state index >= 15 is 0 Å². The van der Waals surface area contributed by atoms with Crippen molar-refractivity contribution in [1.82, 2.24) is 0 Å². The Kier molecular flexibility index (Phi) is 4.84. The molecular formula is C11H12NaO5P. The third-order valence-corrected chi connectivity index (χ3v) is 2.79. The maximum absolute atomic E-state index is 10.9. The Morgan fingerprint density at radius 3 is 2.33 bits per heavy atom. The predicted molar refractivity (Wildman–Crippen MR) is 64.1 cm³/mol. The summed E-state index contributed by atoms with van der Waals surface area (Å²) in [5.74, 6) is 0.142. The number of phenols is 1. The van der Waals surface area contributed by atoms with Gasteiger partial charge in [-0.2, -0.15) is 0 Å². The molecule has 0 amide bonds. The molecule has 92 valence electrons. The minimum Gasteiger partial charge on any atom is -1.00 e. The van der Waals surface area contributed by atoms with Crippen LogP contribution in [-0.4, -0.2) is 14.9 Å². The molecule has 0 saturated heterocycles. The van der Waals surface area contributed by atoms with E-state index in [2.05, 4.69) is 4.52 Å². The van der Waals surface area contributed by atoms with Gasteiger partial charge in [0.05, 0.1) is 0 Å². The van der Waals surface area contributed by atoms with Crippen LogP contribution in [0.25, 0.3) is 10.8 Å². The maximum Gasteiger partial charge on any atom is 1.00 e. The van der Waals surface area contributed by atoms with Gasteiger partial charge in [0.25, 0.3) is 0 Å². The quantitative estimate of drug-likeness (QED) is 0.506. The molecule has 0 radical (unpaired) electrons. The zero-order chi connectivity index (χ0) is 12.6. The first-order valence-corrected chi connectivity index (χ1v) is 6.38. The normalized spacial score (nSPS) is 11.1. The summed E-state index contributed by atoms with van der Waals surface area (Å²) in [5.41, 5.74) is 0.463. The van der Waals surface area contributed by atoms with Crippen LogP contribution in [0.5, 0.6) is 11.5 Å². The Bertz CT molecular complexity index is 628. The number of hydrogen-bond acceptors (Lipinski definition) is 3. The fraction of sp³-hybridized carbons (Fsp3) is 0.0909. The SMILES string of the molecule is Cc1cc(O)c2ccccc2c1OP(=O)(O)O.[H-].[Na+]. The van der Waals surface area contributed by atoms with Crippen LogP contribution < -0.4 is 34.1 Å². The molecule has 2 aromatic carbocycles. The Balaban J connectivity index is 0.00000162. The van der Waals surface area contributed by atoms with Gasteiger partial charge in [-0.25, -0.2) is 4.57 Å². The van der Waals surface area contributed by atoms with Crippen molar-refractivity contribution in [3.8, 4) is 11.5 Å². The van der Waals surface area contributed by atoms with Crippen molar-refractivity contribution in [3.05, 3.63) is 35.9 Å². The second kappa shape index (κ2) is 5.61. The minimum atomic E-state index is -4.62. The first kappa shape index (κ1) is 15.5. The monoisotopic (exact) mass is 278 g/mol. The molecule has 7 heteroatoms. The van der Waals surface area contributed by atoms with Gasteiger partial charge in [0.15, 0.2) is 0 Å². The van der Waals surface area contributed by atoms with Crippen LogP contribution in [-0.2, 0) is 4.57 Å². The van der Waals surface area contributed by atoms with Crippen molar-refractivity contribution >= 4 is 18.6 Å². The average Bonchev–Trinajstić information content (AvgIpc) is 2.23. The summed E-state index contributed by atoms with van der Waals surface area (Å²) in [6.45, 7) is 1.61. The molecule has 0 heterocycles. The standard InChI is InChI=1S/C11H11O5P.Na.H/c1-7-6-10(12)8-4-2-3-5-9(8)11(7)16-17(13,14)15;;/h2-6,12H,1H3,(H2,13,14,15);;/q;+1;-1. The largest absolute Gasteiger partial charge is 1.00 e. The van der Waals surface area contributed by atoms with Gasteiger partial charge in [-0.05, 0) is 18.6 Å². The number of aryl methyl sites for hydroxylation is 1. The van der Waals surface area contributed by atoms with Gasteiger partial charge in [-0.15, -0.1) is 0 Å². The number of benzene rings is 2. The number of phosphoric acid groups is 1. The maximum atomic E-state index is 10.9. The van der Waals surface area contributed by atoms with E-state index in [0.29, 0.717) is 16.3 Å². The number of phosphoric ester groups is 1. The Morgan fingerprint density at radius 2 is 1.78 bits per heavy atom. The van der Waals surface area contributed by atoms with E-state index in [1.807, 2.05) is 0 Å². The average molecular weight is 278 g/mol. The van der Waals surface area contributed by atoms with Gasteiger partial charge in [0.2, 0.25) is 0 Å². The van der Waals surface area contributed by atoms with Crippen molar-refractivity contribution in [2.75, 3.05) is 0 Å². The van der Waals surface area contributed by atoms with E-state index in [-0.39, 0.29) is 42.5 Å². The van der Waals surface area contributed by atoms with Gasteiger partial charge >= 0.3 is 37.4 Å². The van der Waals surface area contributed by atoms with Crippen molar-refractivity contribution < 1.29 is 55.0 Å². The van der Waals surface area contributed by atoms with Crippen molar-refractivity contribution in [3.63, 3.8) is 0 Å². The first-order chi connectivity index (χ1) is 7.88. The molecule has 0 spiro atoms. The predicted octanol–water partition coefficient (Wildman–Crippen LogP) is -0.558. The van der Waals surface area contributed by atoms with Crippen LogP contribution in [0.2, 0.25) is 0 Å². The van der Waals surface area contributed by atoms with E-state index in [0.717, 1.165) is 0 Å². The topological polar surface area (TPSA) is 87.0 Å². The van der Waals surface area contributed by atoms with E-state index in [4.69, 9.17) is 9.79 Å². The van der Waals surface area contributed by atoms with E-state index in [1.54, 1.807) is 31.2 Å². The van der Waals surface area contributed by atoms with E-state index in [9.17, 15) is 9.67 Å². The van der Waals surface area contributed by atoms with Gasteiger partial charge in [0, 0.05) is 10.8 Å². The summed E-state index contributed by atoms with van der Waals surface area (Å²) in [6.07, 6.45) is 0. The number of fused-ring (bicyclic) bond motifs is 1. The Labute approximate surface area is 127 Å². The third kappa shape index (κ3) is 3.26. The van der Waals surface area contributed by atoms with Crippen LogP contribution in [0.3, 0.4) is 0 Å². The molecule has 18 heavy (non-hydrogen) atoms. The van der Waals surface area contributed by atoms with Gasteiger partial charge < -0.3 is 11.1 Å². The number of hydrogen-bond donors (Lipinski definition) is 3. The number of phenolic OH excluding ortho intramolecular Hbond substituents is 1. The molecule has 0 aliphatic heterocycles. The molecule has 2 aromatic rings. The molecule has 0 aliphatic rings. The summed E-state index contributed by atoms with van der Waals surface area (Å²) in [6, 6.07) is 8.11. The molecule has 5 nitrogen and oxygen atoms in total. The molecule has 2 rings (SSSR count). The summed E-state index contributed by atoms with van der Waals surface area (Å²) in [5, 5.41) is 10.7. The zero-order valence-corrected chi connectivity index (χ0v) is 12.9. The fourth-order valence-corrected chi connectivity index (χ4v) is 2.19. The molecule has 0 fully saturated rings. The Morgan fingerprint density at radius 1 is 1.22 bits per heavy atom. The molecule has 0 aliphatic carbocycles. The second-order valence-corrected chi connectivity index (χ2v) is 4.83. The molecule has 0 aromatic heterocycles. The number of rotatable bonds is 2. The third-order valence-electron chi connectivity index (χ3n) is 2.37. The smallest absolute Gasteiger partial charge is 1.00 e. The van der Waals surface area contributed by atoms with Crippen LogP contribution in [0.4, 0.5) is 0 Å². The van der Waals surface area contributed by atoms with Crippen molar-refractivity contribution in [1.29, 1.82) is 0 Å². The van der Waals surface area contributed by atoms with Gasteiger partial charge in [0.1, 0.15) is 11.5 Å². The Hall–Kier alpha value is -0.550.